The van der Waals surface area contributed by atoms with E-state index in [1.807, 2.05) is 13.8 Å². The van der Waals surface area contributed by atoms with Gasteiger partial charge < -0.3 is 14.1 Å². The lowest BCUT2D eigenvalue weighted by Gasteiger charge is -2.34. The lowest BCUT2D eigenvalue weighted by Crippen LogP contribution is -2.42. The number of rotatable bonds is 9. The van der Waals surface area contributed by atoms with Crippen molar-refractivity contribution in [2.24, 2.45) is 5.41 Å². The van der Waals surface area contributed by atoms with E-state index in [-0.39, 0.29) is 24.0 Å². The zero-order valence-corrected chi connectivity index (χ0v) is 20.4. The number of carbonyl (C=O) groups is 2. The summed E-state index contributed by atoms with van der Waals surface area (Å²) in [7, 11) is -1.89. The van der Waals surface area contributed by atoms with Gasteiger partial charge in [0.25, 0.3) is 0 Å². The molecule has 0 unspecified atom stereocenters. The van der Waals surface area contributed by atoms with Gasteiger partial charge in [-0.3, -0.25) is 9.59 Å². The molecule has 1 saturated carbocycles. The fourth-order valence-corrected chi connectivity index (χ4v) is 4.01. The molecule has 1 amide bonds. The average Bonchev–Trinajstić information content (AvgIpc) is 3.22. The molecule has 1 fully saturated rings. The number of allylic oxidation sites excluding steroid dienone is 2. The van der Waals surface area contributed by atoms with Gasteiger partial charge in [-0.1, -0.05) is 32.9 Å². The summed E-state index contributed by atoms with van der Waals surface area (Å²) in [5.41, 5.74) is -1.13. The molecule has 2 atom stereocenters. The van der Waals surface area contributed by atoms with Gasteiger partial charge in [0, 0.05) is 13.1 Å². The molecule has 0 heterocycles. The maximum absolute atomic E-state index is 12.9. The van der Waals surface area contributed by atoms with E-state index in [0.29, 0.717) is 13.1 Å². The van der Waals surface area contributed by atoms with Crippen LogP contribution in [0.25, 0.3) is 0 Å². The molecule has 0 aromatic heterocycles. The molecule has 0 spiro atoms. The zero-order chi connectivity index (χ0) is 21.8. The summed E-state index contributed by atoms with van der Waals surface area (Å²) in [6.07, 6.45) is 7.06. The first kappa shape index (κ1) is 24.8. The van der Waals surface area contributed by atoms with Crippen LogP contribution >= 0.6 is 11.6 Å². The molecule has 160 valence electrons. The van der Waals surface area contributed by atoms with Gasteiger partial charge in [-0.05, 0) is 51.4 Å². The number of carbonyl (C=O) groups excluding carboxylic acids is 2. The fourth-order valence-electron chi connectivity index (χ4n) is 2.77. The third kappa shape index (κ3) is 4.82. The second-order valence-corrected chi connectivity index (χ2v) is 14.1. The Labute approximate surface area is 176 Å². The van der Waals surface area contributed by atoms with E-state index in [9.17, 15) is 9.59 Å². The molecule has 0 aliphatic heterocycles. The molecule has 1 aliphatic rings. The number of hydrogen-bond acceptors (Lipinski definition) is 4. The Bertz CT molecular complexity index is 637. The molecule has 0 bridgehead atoms. The maximum Gasteiger partial charge on any atom is 0.318 e. The minimum absolute atomic E-state index is 0.102. The smallest absolute Gasteiger partial charge is 0.318 e. The van der Waals surface area contributed by atoms with E-state index in [1.165, 1.54) is 0 Å². The highest BCUT2D eigenvalue weighted by Crippen LogP contribution is 2.63. The minimum Gasteiger partial charge on any atom is -0.549 e. The Morgan fingerprint density at radius 3 is 2.18 bits per heavy atom. The second-order valence-electron chi connectivity index (χ2n) is 8.71. The Kier molecular flexibility index (Phi) is 7.99. The minimum atomic E-state index is -1.89. The number of hydrogen-bond donors (Lipinski definition) is 0. The van der Waals surface area contributed by atoms with Crippen molar-refractivity contribution < 1.29 is 18.8 Å². The molecule has 0 N–H and O–H groups in total. The van der Waals surface area contributed by atoms with E-state index in [2.05, 4.69) is 33.9 Å². The number of esters is 1. The number of ether oxygens (including phenoxy) is 1. The molecular formula is C21H36ClNO4Si. The van der Waals surface area contributed by atoms with Crippen LogP contribution < -0.4 is 0 Å². The highest BCUT2D eigenvalue weighted by Gasteiger charge is 2.76. The summed E-state index contributed by atoms with van der Waals surface area (Å²) in [5.74, 6) is -0.682. The summed E-state index contributed by atoms with van der Waals surface area (Å²) >= 11 is 6.65. The van der Waals surface area contributed by atoms with Crippen molar-refractivity contribution in [2.75, 3.05) is 19.7 Å². The Balaban J connectivity index is 3.00. The van der Waals surface area contributed by atoms with Gasteiger partial charge in [-0.2, -0.15) is 0 Å². The Hall–Kier alpha value is -1.27. The van der Waals surface area contributed by atoms with Crippen LogP contribution in [0.1, 0.15) is 48.0 Å². The van der Waals surface area contributed by atoms with Crippen LogP contribution in [0.15, 0.2) is 24.5 Å². The molecule has 0 aromatic carbocycles. The molecule has 1 aliphatic carbocycles. The lowest BCUT2D eigenvalue weighted by atomic mass is 10.0. The summed E-state index contributed by atoms with van der Waals surface area (Å²) in [4.78, 5) is 25.9. The zero-order valence-electron chi connectivity index (χ0n) is 18.6. The lowest BCUT2D eigenvalue weighted by molar-refractivity contribution is -0.149. The molecule has 28 heavy (non-hydrogen) atoms. The predicted octanol–water partition coefficient (Wildman–Crippen LogP) is 4.88. The van der Waals surface area contributed by atoms with E-state index in [4.69, 9.17) is 20.8 Å². The molecule has 7 heteroatoms. The van der Waals surface area contributed by atoms with E-state index in [1.54, 1.807) is 36.3 Å². The summed E-state index contributed by atoms with van der Waals surface area (Å²) in [5, 5.41) is 0.102. The molecule has 1 rings (SSSR count). The fraction of sp³-hybridized carbons (Fsp3) is 0.714. The van der Waals surface area contributed by atoms with Crippen molar-refractivity contribution in [1.82, 2.24) is 4.90 Å². The summed E-state index contributed by atoms with van der Waals surface area (Å²) in [6, 6.07) is 0. The van der Waals surface area contributed by atoms with Crippen molar-refractivity contribution in [3.05, 3.63) is 24.5 Å². The van der Waals surface area contributed by atoms with Crippen molar-refractivity contribution in [1.29, 1.82) is 0 Å². The highest BCUT2D eigenvalue weighted by molar-refractivity contribution is 6.74. The van der Waals surface area contributed by atoms with Crippen LogP contribution in [0.4, 0.5) is 0 Å². The molecule has 5 nitrogen and oxygen atoms in total. The monoisotopic (exact) mass is 429 g/mol. The van der Waals surface area contributed by atoms with Gasteiger partial charge in [0.05, 0.1) is 12.9 Å². The third-order valence-electron chi connectivity index (χ3n) is 5.87. The average molecular weight is 430 g/mol. The van der Waals surface area contributed by atoms with E-state index >= 15 is 0 Å². The topological polar surface area (TPSA) is 55.8 Å². The van der Waals surface area contributed by atoms with Crippen LogP contribution in [0.2, 0.25) is 18.1 Å². The van der Waals surface area contributed by atoms with E-state index < -0.39 is 24.6 Å². The van der Waals surface area contributed by atoms with Gasteiger partial charge in [-0.25, -0.2) is 0 Å². The molecule has 0 saturated heterocycles. The second kappa shape index (κ2) is 9.03. The highest BCUT2D eigenvalue weighted by atomic mass is 35.5. The number of amides is 1. The molecule has 0 radical (unpaired) electrons. The van der Waals surface area contributed by atoms with Crippen LogP contribution in [-0.4, -0.2) is 49.7 Å². The van der Waals surface area contributed by atoms with E-state index in [0.717, 1.165) is 0 Å². The summed E-state index contributed by atoms with van der Waals surface area (Å²) in [6.45, 7) is 17.7. The van der Waals surface area contributed by atoms with Crippen molar-refractivity contribution in [3.63, 3.8) is 0 Å². The SMILES string of the molecule is CCOC(=O)[C@]1(/C=C\C=C\O[Si](C)(C)C(C)(C)C)C[C@]1(Cl)C(=O)N(CC)CC. The van der Waals surface area contributed by atoms with Gasteiger partial charge in [0.1, 0.15) is 10.3 Å². The number of nitrogens with zero attached hydrogens (tertiary/aromatic N) is 1. The normalized spacial score (nSPS) is 25.2. The largest absolute Gasteiger partial charge is 0.549 e. The molecule has 0 aromatic rings. The Morgan fingerprint density at radius 2 is 1.71 bits per heavy atom. The van der Waals surface area contributed by atoms with Crippen LogP contribution in [0.5, 0.6) is 0 Å². The Morgan fingerprint density at radius 1 is 1.14 bits per heavy atom. The number of halogens is 1. The first-order valence-electron chi connectivity index (χ1n) is 10.0. The number of alkyl halides is 1. The van der Waals surface area contributed by atoms with Crippen LogP contribution in [0, 0.1) is 5.41 Å². The maximum atomic E-state index is 12.9. The van der Waals surface area contributed by atoms with Crippen LogP contribution in [0.3, 0.4) is 0 Å². The van der Waals surface area contributed by atoms with Gasteiger partial charge in [0.15, 0.2) is 0 Å². The van der Waals surface area contributed by atoms with Gasteiger partial charge in [0.2, 0.25) is 14.2 Å². The standard InChI is InChI=1S/C21H36ClNO4Si/c1-9-23(10-2)17(24)21(22)16-20(21,18(25)26-11-3)14-12-13-15-27-28(7,8)19(4,5)6/h12-15H,9-11,16H2,1-8H3/b14-12-,15-13+/t20-,21-/m0/s1. The van der Waals surface area contributed by atoms with Crippen molar-refractivity contribution in [2.45, 2.75) is 71.0 Å². The summed E-state index contributed by atoms with van der Waals surface area (Å²) < 4.78 is 11.2. The van der Waals surface area contributed by atoms with Crippen molar-refractivity contribution >= 4 is 31.8 Å². The van der Waals surface area contributed by atoms with Gasteiger partial charge in [-0.15, -0.1) is 11.6 Å². The quantitative estimate of drug-likeness (QED) is 0.172. The third-order valence-corrected chi connectivity index (χ3v) is 10.8. The molecular weight excluding hydrogens is 394 g/mol. The van der Waals surface area contributed by atoms with Crippen LogP contribution in [-0.2, 0) is 18.8 Å². The predicted molar refractivity (Wildman–Crippen MR) is 117 cm³/mol. The first-order valence-corrected chi connectivity index (χ1v) is 13.3. The first-order chi connectivity index (χ1) is 12.8. The van der Waals surface area contributed by atoms with Crippen molar-refractivity contribution in [3.8, 4) is 0 Å². The van der Waals surface area contributed by atoms with Gasteiger partial charge >= 0.3 is 5.97 Å².